The van der Waals surface area contributed by atoms with Gasteiger partial charge in [-0.1, -0.05) is 18.2 Å². The lowest BCUT2D eigenvalue weighted by Crippen LogP contribution is -2.03. The number of methoxy groups -OCH3 is 1. The number of para-hydroxylation sites is 1. The van der Waals surface area contributed by atoms with Crippen molar-refractivity contribution in [3.63, 3.8) is 0 Å². The molecule has 0 aliphatic heterocycles. The van der Waals surface area contributed by atoms with Crippen molar-refractivity contribution in [1.29, 1.82) is 0 Å². The second-order valence-electron chi connectivity index (χ2n) is 3.78. The van der Waals surface area contributed by atoms with Gasteiger partial charge in [0.2, 0.25) is 0 Å². The number of hydrogen-bond donors (Lipinski definition) is 1. The quantitative estimate of drug-likeness (QED) is 0.775. The van der Waals surface area contributed by atoms with Crippen LogP contribution < -0.4 is 5.32 Å². The van der Waals surface area contributed by atoms with Gasteiger partial charge < -0.3 is 10.1 Å². The summed E-state index contributed by atoms with van der Waals surface area (Å²) in [6, 6.07) is 10.1. The molecule has 0 bridgehead atoms. The summed E-state index contributed by atoms with van der Waals surface area (Å²) < 4.78 is 6.85. The first kappa shape index (κ1) is 11.7. The molecule has 0 saturated heterocycles. The summed E-state index contributed by atoms with van der Waals surface area (Å²) >= 11 is 0. The molecule has 1 aromatic heterocycles. The summed E-state index contributed by atoms with van der Waals surface area (Å²) in [5.41, 5.74) is 2.10. The topological polar surface area (TPSA) is 39.1 Å². The van der Waals surface area contributed by atoms with Crippen LogP contribution in [0.1, 0.15) is 6.42 Å². The zero-order valence-electron chi connectivity index (χ0n) is 9.97. The standard InChI is InChI=1S/C13H17N3O/c1-17-9-5-8-14-12-10-15-16(11-12)13-6-3-2-4-7-13/h2-4,6-7,10-11,14H,5,8-9H2,1H3. The van der Waals surface area contributed by atoms with Gasteiger partial charge in [-0.2, -0.15) is 5.10 Å². The van der Waals surface area contributed by atoms with Gasteiger partial charge in [-0.15, -0.1) is 0 Å². The summed E-state index contributed by atoms with van der Waals surface area (Å²) in [7, 11) is 1.72. The van der Waals surface area contributed by atoms with E-state index in [1.807, 2.05) is 47.4 Å². The summed E-state index contributed by atoms with van der Waals surface area (Å²) in [5.74, 6) is 0. The Balaban J connectivity index is 1.92. The molecule has 0 fully saturated rings. The predicted molar refractivity (Wildman–Crippen MR) is 68.5 cm³/mol. The molecule has 2 rings (SSSR count). The van der Waals surface area contributed by atoms with Gasteiger partial charge in [-0.3, -0.25) is 0 Å². The van der Waals surface area contributed by atoms with Crippen molar-refractivity contribution in [2.45, 2.75) is 6.42 Å². The minimum atomic E-state index is 0.778. The first-order chi connectivity index (χ1) is 8.40. The van der Waals surface area contributed by atoms with E-state index in [4.69, 9.17) is 4.74 Å². The molecule has 0 amide bonds. The van der Waals surface area contributed by atoms with E-state index in [0.717, 1.165) is 30.9 Å². The van der Waals surface area contributed by atoms with Gasteiger partial charge in [-0.25, -0.2) is 4.68 Å². The number of rotatable bonds is 6. The molecule has 0 atom stereocenters. The van der Waals surface area contributed by atoms with Gasteiger partial charge in [0.1, 0.15) is 0 Å². The van der Waals surface area contributed by atoms with Crippen LogP contribution in [-0.4, -0.2) is 30.0 Å². The fourth-order valence-electron chi connectivity index (χ4n) is 1.59. The Hall–Kier alpha value is -1.81. The minimum Gasteiger partial charge on any atom is -0.385 e. The number of aromatic nitrogens is 2. The zero-order valence-corrected chi connectivity index (χ0v) is 9.97. The molecule has 0 saturated carbocycles. The third kappa shape index (κ3) is 3.32. The monoisotopic (exact) mass is 231 g/mol. The lowest BCUT2D eigenvalue weighted by molar-refractivity contribution is 0.198. The third-order valence-electron chi connectivity index (χ3n) is 2.46. The van der Waals surface area contributed by atoms with Gasteiger partial charge in [0.25, 0.3) is 0 Å². The van der Waals surface area contributed by atoms with E-state index >= 15 is 0 Å². The molecular weight excluding hydrogens is 214 g/mol. The molecule has 1 N–H and O–H groups in total. The molecule has 0 aliphatic rings. The number of anilines is 1. The normalized spacial score (nSPS) is 10.4. The number of hydrogen-bond acceptors (Lipinski definition) is 3. The Morgan fingerprint density at radius 2 is 2.12 bits per heavy atom. The van der Waals surface area contributed by atoms with E-state index in [1.54, 1.807) is 7.11 Å². The Labute approximate surface area is 101 Å². The van der Waals surface area contributed by atoms with Crippen LogP contribution in [-0.2, 0) is 4.74 Å². The fourth-order valence-corrected chi connectivity index (χ4v) is 1.59. The van der Waals surface area contributed by atoms with E-state index in [1.165, 1.54) is 0 Å². The molecule has 0 aliphatic carbocycles. The number of nitrogens with zero attached hydrogens (tertiary/aromatic N) is 2. The smallest absolute Gasteiger partial charge is 0.0731 e. The van der Waals surface area contributed by atoms with Crippen molar-refractivity contribution in [2.24, 2.45) is 0 Å². The van der Waals surface area contributed by atoms with E-state index in [0.29, 0.717) is 0 Å². The molecular formula is C13H17N3O. The van der Waals surface area contributed by atoms with Crippen molar-refractivity contribution in [3.05, 3.63) is 42.7 Å². The van der Waals surface area contributed by atoms with Crippen molar-refractivity contribution in [3.8, 4) is 5.69 Å². The highest BCUT2D eigenvalue weighted by atomic mass is 16.5. The molecule has 0 radical (unpaired) electrons. The van der Waals surface area contributed by atoms with Crippen LogP contribution in [0.2, 0.25) is 0 Å². The van der Waals surface area contributed by atoms with Crippen LogP contribution in [0.15, 0.2) is 42.7 Å². The van der Waals surface area contributed by atoms with Crippen molar-refractivity contribution < 1.29 is 4.74 Å². The molecule has 1 heterocycles. The van der Waals surface area contributed by atoms with E-state index in [9.17, 15) is 0 Å². The van der Waals surface area contributed by atoms with Crippen LogP contribution in [0.5, 0.6) is 0 Å². The number of benzene rings is 1. The van der Waals surface area contributed by atoms with Gasteiger partial charge >= 0.3 is 0 Å². The van der Waals surface area contributed by atoms with Crippen molar-refractivity contribution in [2.75, 3.05) is 25.6 Å². The highest BCUT2D eigenvalue weighted by Crippen LogP contribution is 2.10. The van der Waals surface area contributed by atoms with Gasteiger partial charge in [0.05, 0.1) is 23.8 Å². The second kappa shape index (κ2) is 6.06. The molecule has 90 valence electrons. The maximum atomic E-state index is 4.99. The second-order valence-corrected chi connectivity index (χ2v) is 3.78. The lowest BCUT2D eigenvalue weighted by atomic mass is 10.3. The van der Waals surface area contributed by atoms with Crippen LogP contribution in [0.3, 0.4) is 0 Å². The Morgan fingerprint density at radius 3 is 2.88 bits per heavy atom. The van der Waals surface area contributed by atoms with Crippen LogP contribution in [0, 0.1) is 0 Å². The van der Waals surface area contributed by atoms with E-state index in [-0.39, 0.29) is 0 Å². The van der Waals surface area contributed by atoms with Gasteiger partial charge in [0, 0.05) is 20.3 Å². The molecule has 17 heavy (non-hydrogen) atoms. The Bertz CT molecular complexity index is 439. The Kier molecular flexibility index (Phi) is 4.16. The third-order valence-corrected chi connectivity index (χ3v) is 2.46. The average molecular weight is 231 g/mol. The maximum absolute atomic E-state index is 4.99. The zero-order chi connectivity index (χ0) is 11.9. The molecule has 0 spiro atoms. The average Bonchev–Trinajstić information content (AvgIpc) is 2.85. The maximum Gasteiger partial charge on any atom is 0.0731 e. The predicted octanol–water partition coefficient (Wildman–Crippen LogP) is 2.32. The van der Waals surface area contributed by atoms with E-state index < -0.39 is 0 Å². The summed E-state index contributed by atoms with van der Waals surface area (Å²) in [6.07, 6.45) is 4.81. The number of nitrogens with one attached hydrogen (secondary N) is 1. The molecule has 0 unspecified atom stereocenters. The first-order valence-corrected chi connectivity index (χ1v) is 5.73. The first-order valence-electron chi connectivity index (χ1n) is 5.73. The summed E-state index contributed by atoms with van der Waals surface area (Å²) in [6.45, 7) is 1.67. The minimum absolute atomic E-state index is 0.778. The van der Waals surface area contributed by atoms with Crippen LogP contribution in [0.25, 0.3) is 5.69 Å². The van der Waals surface area contributed by atoms with Gasteiger partial charge in [-0.05, 0) is 18.6 Å². The SMILES string of the molecule is COCCCNc1cnn(-c2ccccc2)c1. The molecule has 1 aromatic carbocycles. The van der Waals surface area contributed by atoms with Crippen LogP contribution in [0.4, 0.5) is 5.69 Å². The largest absolute Gasteiger partial charge is 0.385 e. The van der Waals surface area contributed by atoms with Crippen molar-refractivity contribution >= 4 is 5.69 Å². The number of ether oxygens (including phenoxy) is 1. The lowest BCUT2D eigenvalue weighted by Gasteiger charge is -2.02. The highest BCUT2D eigenvalue weighted by Gasteiger charge is 1.99. The highest BCUT2D eigenvalue weighted by molar-refractivity contribution is 5.42. The molecule has 4 nitrogen and oxygen atoms in total. The van der Waals surface area contributed by atoms with E-state index in [2.05, 4.69) is 10.4 Å². The summed E-state index contributed by atoms with van der Waals surface area (Å²) in [5, 5.41) is 7.61. The Morgan fingerprint density at radius 1 is 1.29 bits per heavy atom. The van der Waals surface area contributed by atoms with Crippen LogP contribution >= 0.6 is 0 Å². The van der Waals surface area contributed by atoms with Gasteiger partial charge in [0.15, 0.2) is 0 Å². The summed E-state index contributed by atoms with van der Waals surface area (Å²) in [4.78, 5) is 0. The molecule has 2 aromatic rings. The molecule has 4 heteroatoms. The fraction of sp³-hybridized carbons (Fsp3) is 0.308. The van der Waals surface area contributed by atoms with Crippen molar-refractivity contribution in [1.82, 2.24) is 9.78 Å².